The number of hydrogen-bond acceptors (Lipinski definition) is 6. The van der Waals surface area contributed by atoms with Gasteiger partial charge in [-0.05, 0) is 42.7 Å². The maximum absolute atomic E-state index is 13.4. The highest BCUT2D eigenvalue weighted by atomic mass is 32.2. The van der Waals surface area contributed by atoms with Gasteiger partial charge in [0.05, 0.1) is 17.0 Å². The zero-order valence-electron chi connectivity index (χ0n) is 19.7. The zero-order chi connectivity index (χ0) is 25.1. The molecule has 1 fully saturated rings. The van der Waals surface area contributed by atoms with Crippen molar-refractivity contribution in [2.75, 3.05) is 11.9 Å². The van der Waals surface area contributed by atoms with E-state index < -0.39 is 0 Å². The van der Waals surface area contributed by atoms with Crippen molar-refractivity contribution in [1.82, 2.24) is 14.3 Å². The Kier molecular flexibility index (Phi) is 6.97. The smallest absolute Gasteiger partial charge is 0.267 e. The topological polar surface area (TPSA) is 66.7 Å². The Labute approximate surface area is 218 Å². The quantitative estimate of drug-likeness (QED) is 0.276. The predicted molar refractivity (Wildman–Crippen MR) is 150 cm³/mol. The van der Waals surface area contributed by atoms with Crippen LogP contribution in [0.4, 0.5) is 5.82 Å². The van der Waals surface area contributed by atoms with Crippen molar-refractivity contribution in [2.24, 2.45) is 0 Å². The Hall–Kier alpha value is -3.75. The normalized spacial score (nSPS) is 14.7. The van der Waals surface area contributed by atoms with E-state index >= 15 is 0 Å². The minimum Gasteiger partial charge on any atom is -0.369 e. The number of aromatic nitrogens is 2. The second-order valence-corrected chi connectivity index (χ2v) is 10.2. The first-order valence-electron chi connectivity index (χ1n) is 11.6. The fraction of sp³-hybridized carbons (Fsp3) is 0.143. The fourth-order valence-corrected chi connectivity index (χ4v) is 5.22. The lowest BCUT2D eigenvalue weighted by molar-refractivity contribution is -0.122. The summed E-state index contributed by atoms with van der Waals surface area (Å²) in [6.07, 6.45) is 4.07. The van der Waals surface area contributed by atoms with Gasteiger partial charge in [-0.15, -0.1) is 0 Å². The summed E-state index contributed by atoms with van der Waals surface area (Å²) in [5.74, 6) is 0.240. The highest BCUT2D eigenvalue weighted by Gasteiger charge is 2.32. The monoisotopic (exact) mass is 512 g/mol. The molecule has 3 heterocycles. The molecule has 1 saturated heterocycles. The Balaban J connectivity index is 1.45. The number of amides is 1. The Morgan fingerprint density at radius 1 is 0.972 bits per heavy atom. The summed E-state index contributed by atoms with van der Waals surface area (Å²) >= 11 is 6.72. The Bertz CT molecular complexity index is 1530. The van der Waals surface area contributed by atoms with Gasteiger partial charge in [0.1, 0.15) is 15.8 Å². The summed E-state index contributed by atoms with van der Waals surface area (Å²) in [5.41, 5.74) is 3.96. The summed E-state index contributed by atoms with van der Waals surface area (Å²) in [7, 11) is 0. The lowest BCUT2D eigenvalue weighted by Crippen LogP contribution is -2.27. The summed E-state index contributed by atoms with van der Waals surface area (Å²) < 4.78 is 1.96. The van der Waals surface area contributed by atoms with Crippen LogP contribution in [0.3, 0.4) is 0 Å². The van der Waals surface area contributed by atoms with Crippen LogP contribution in [0.25, 0.3) is 11.7 Å². The zero-order valence-corrected chi connectivity index (χ0v) is 21.3. The van der Waals surface area contributed by atoms with Gasteiger partial charge >= 0.3 is 0 Å². The van der Waals surface area contributed by atoms with Crippen molar-refractivity contribution < 1.29 is 4.79 Å². The van der Waals surface area contributed by atoms with Crippen LogP contribution in [-0.2, 0) is 17.8 Å². The van der Waals surface area contributed by atoms with Crippen molar-refractivity contribution in [3.63, 3.8) is 0 Å². The van der Waals surface area contributed by atoms with Crippen LogP contribution < -0.4 is 10.9 Å². The number of anilines is 1. The molecule has 0 atom stereocenters. The molecule has 0 aliphatic carbocycles. The van der Waals surface area contributed by atoms with Crippen molar-refractivity contribution in [3.8, 4) is 0 Å². The number of carbonyl (C=O) groups excluding carboxylic acids is 1. The summed E-state index contributed by atoms with van der Waals surface area (Å²) in [4.78, 5) is 33.4. The van der Waals surface area contributed by atoms with Gasteiger partial charge in [0.25, 0.3) is 11.5 Å². The predicted octanol–water partition coefficient (Wildman–Crippen LogP) is 5.06. The molecule has 8 heteroatoms. The van der Waals surface area contributed by atoms with E-state index in [0.29, 0.717) is 39.3 Å². The molecule has 6 nitrogen and oxygen atoms in total. The molecule has 5 rings (SSSR count). The molecule has 0 bridgehead atoms. The average molecular weight is 513 g/mol. The summed E-state index contributed by atoms with van der Waals surface area (Å²) in [6.45, 7) is 3.00. The van der Waals surface area contributed by atoms with Gasteiger partial charge in [0.15, 0.2) is 0 Å². The van der Waals surface area contributed by atoms with Gasteiger partial charge in [-0.1, -0.05) is 90.2 Å². The van der Waals surface area contributed by atoms with Crippen molar-refractivity contribution in [1.29, 1.82) is 0 Å². The number of aryl methyl sites for hydroxylation is 1. The van der Waals surface area contributed by atoms with Gasteiger partial charge in [0, 0.05) is 12.7 Å². The van der Waals surface area contributed by atoms with E-state index in [2.05, 4.69) is 22.4 Å². The minimum absolute atomic E-state index is 0.210. The minimum atomic E-state index is -0.244. The van der Waals surface area contributed by atoms with Crippen LogP contribution in [0.2, 0.25) is 0 Å². The number of thiocarbonyl (C=S) groups is 1. The van der Waals surface area contributed by atoms with E-state index in [1.165, 1.54) is 21.7 Å². The maximum atomic E-state index is 13.4. The van der Waals surface area contributed by atoms with Gasteiger partial charge in [-0.25, -0.2) is 4.98 Å². The molecule has 2 aromatic heterocycles. The van der Waals surface area contributed by atoms with Crippen LogP contribution in [0.5, 0.6) is 0 Å². The van der Waals surface area contributed by atoms with Crippen LogP contribution >= 0.6 is 24.0 Å². The second kappa shape index (κ2) is 10.5. The molecule has 36 heavy (non-hydrogen) atoms. The van der Waals surface area contributed by atoms with E-state index in [-0.39, 0.29) is 11.5 Å². The van der Waals surface area contributed by atoms with Crippen molar-refractivity contribution >= 4 is 51.7 Å². The lowest BCUT2D eigenvalue weighted by atomic mass is 10.1. The van der Waals surface area contributed by atoms with Crippen LogP contribution in [0, 0.1) is 6.92 Å². The van der Waals surface area contributed by atoms with Crippen LogP contribution in [0.1, 0.15) is 22.3 Å². The molecular formula is C28H24N4O2S2. The highest BCUT2D eigenvalue weighted by Crippen LogP contribution is 2.34. The molecule has 4 aromatic rings. The molecule has 0 saturated carbocycles. The second-order valence-electron chi connectivity index (χ2n) is 8.52. The number of pyridine rings is 1. The first-order valence-corrected chi connectivity index (χ1v) is 12.8. The van der Waals surface area contributed by atoms with Crippen molar-refractivity contribution in [2.45, 2.75) is 19.9 Å². The number of nitrogens with zero attached hydrogens (tertiary/aromatic N) is 3. The van der Waals surface area contributed by atoms with Gasteiger partial charge < -0.3 is 5.32 Å². The molecule has 1 N–H and O–H groups in total. The van der Waals surface area contributed by atoms with Gasteiger partial charge in [0.2, 0.25) is 0 Å². The lowest BCUT2D eigenvalue weighted by Gasteiger charge is -2.14. The first kappa shape index (κ1) is 24.0. The van der Waals surface area contributed by atoms with Crippen molar-refractivity contribution in [3.05, 3.63) is 117 Å². The van der Waals surface area contributed by atoms with Gasteiger partial charge in [-0.2, -0.15) is 0 Å². The van der Waals surface area contributed by atoms with E-state index in [9.17, 15) is 9.59 Å². The van der Waals surface area contributed by atoms with Crippen LogP contribution in [0.15, 0.2) is 88.7 Å². The average Bonchev–Trinajstić information content (AvgIpc) is 3.15. The van der Waals surface area contributed by atoms with Crippen LogP contribution in [-0.4, -0.2) is 31.1 Å². The highest BCUT2D eigenvalue weighted by molar-refractivity contribution is 8.26. The SMILES string of the molecule is Cc1ccc(CN2C(=O)C(=Cc3c(NCCc4ccccc4)nc4ccccn4c3=O)SC2=S)cc1. The fourth-order valence-electron chi connectivity index (χ4n) is 3.98. The third-order valence-corrected chi connectivity index (χ3v) is 7.31. The molecule has 0 unspecified atom stereocenters. The number of nitrogens with one attached hydrogen (secondary N) is 1. The third-order valence-electron chi connectivity index (χ3n) is 5.93. The maximum Gasteiger partial charge on any atom is 0.267 e. The molecule has 1 aliphatic rings. The molecular weight excluding hydrogens is 488 g/mol. The number of hydrogen-bond donors (Lipinski definition) is 1. The molecule has 1 amide bonds. The molecule has 0 radical (unpaired) electrons. The Morgan fingerprint density at radius 2 is 1.72 bits per heavy atom. The van der Waals surface area contributed by atoms with E-state index in [1.807, 2.05) is 55.5 Å². The molecule has 0 spiro atoms. The van der Waals surface area contributed by atoms with E-state index in [1.54, 1.807) is 29.3 Å². The summed E-state index contributed by atoms with van der Waals surface area (Å²) in [6, 6.07) is 23.5. The number of benzene rings is 2. The third kappa shape index (κ3) is 5.10. The Morgan fingerprint density at radius 3 is 2.50 bits per heavy atom. The van der Waals surface area contributed by atoms with Gasteiger partial charge in [-0.3, -0.25) is 18.9 Å². The van der Waals surface area contributed by atoms with E-state index in [4.69, 9.17) is 12.2 Å². The molecule has 180 valence electrons. The number of thioether (sulfide) groups is 1. The summed E-state index contributed by atoms with van der Waals surface area (Å²) in [5, 5.41) is 3.32. The standard InChI is InChI=1S/C28H24N4O2S2/c1-19-10-12-21(13-11-19)18-32-27(34)23(36-28(32)35)17-22-25(29-15-14-20-7-3-2-4-8-20)30-24-9-5-6-16-31(24)26(22)33/h2-13,16-17,29H,14-15,18H2,1H3. The molecule has 2 aromatic carbocycles. The molecule has 1 aliphatic heterocycles. The number of fused-ring (bicyclic) bond motifs is 1. The first-order chi connectivity index (χ1) is 17.5. The number of carbonyl (C=O) groups is 1. The van der Waals surface area contributed by atoms with E-state index in [0.717, 1.165) is 17.5 Å². The number of rotatable bonds is 7. The largest absolute Gasteiger partial charge is 0.369 e.